The number of aryl methyl sites for hydroxylation is 1. The molecule has 0 spiro atoms. The molecule has 0 bridgehead atoms. The zero-order valence-corrected chi connectivity index (χ0v) is 11.2. The standard InChI is InChI=1S/C15H20N2O/c1-10-6-4-5-7-14(10)12(3)17-15(18)11(2)13-8-16-9-13/h4-7,12,16H,8-9H2,1-3H3,(H,17,18)/t12-/m0/s1. The molecule has 0 saturated carbocycles. The van der Waals surface area contributed by atoms with E-state index in [2.05, 4.69) is 29.7 Å². The van der Waals surface area contributed by atoms with E-state index >= 15 is 0 Å². The third kappa shape index (κ3) is 2.62. The summed E-state index contributed by atoms with van der Waals surface area (Å²) in [5, 5.41) is 6.21. The molecule has 1 aliphatic rings. The number of amides is 1. The third-order valence-electron chi connectivity index (χ3n) is 3.55. The molecule has 3 nitrogen and oxygen atoms in total. The van der Waals surface area contributed by atoms with Crippen molar-refractivity contribution in [1.29, 1.82) is 0 Å². The van der Waals surface area contributed by atoms with Crippen LogP contribution >= 0.6 is 0 Å². The molecule has 1 aromatic carbocycles. The lowest BCUT2D eigenvalue weighted by Crippen LogP contribution is -2.38. The van der Waals surface area contributed by atoms with E-state index in [1.54, 1.807) is 0 Å². The molecular formula is C15H20N2O. The summed E-state index contributed by atoms with van der Waals surface area (Å²) in [5.74, 6) is 0.0438. The van der Waals surface area contributed by atoms with Crippen LogP contribution in [0.1, 0.15) is 31.0 Å². The lowest BCUT2D eigenvalue weighted by molar-refractivity contribution is -0.118. The van der Waals surface area contributed by atoms with Gasteiger partial charge in [0.2, 0.25) is 5.91 Å². The molecular weight excluding hydrogens is 224 g/mol. The van der Waals surface area contributed by atoms with Gasteiger partial charge in [-0.1, -0.05) is 24.3 Å². The maximum Gasteiger partial charge on any atom is 0.247 e. The summed E-state index contributed by atoms with van der Waals surface area (Å²) < 4.78 is 0. The average molecular weight is 244 g/mol. The van der Waals surface area contributed by atoms with E-state index < -0.39 is 0 Å². The molecule has 3 heteroatoms. The summed E-state index contributed by atoms with van der Waals surface area (Å²) >= 11 is 0. The highest BCUT2D eigenvalue weighted by molar-refractivity contribution is 5.94. The lowest BCUT2D eigenvalue weighted by Gasteiger charge is -2.23. The molecule has 1 saturated heterocycles. The second-order valence-corrected chi connectivity index (χ2v) is 4.88. The largest absolute Gasteiger partial charge is 0.346 e. The molecule has 2 N–H and O–H groups in total. The Labute approximate surface area is 108 Å². The van der Waals surface area contributed by atoms with Crippen LogP contribution in [0.3, 0.4) is 0 Å². The first kappa shape index (κ1) is 12.8. The predicted octanol–water partition coefficient (Wildman–Crippen LogP) is 2.09. The quantitative estimate of drug-likeness (QED) is 0.799. The second kappa shape index (κ2) is 5.36. The van der Waals surface area contributed by atoms with Crippen LogP contribution in [0.25, 0.3) is 0 Å². The normalized spacial score (nSPS) is 15.8. The van der Waals surface area contributed by atoms with Gasteiger partial charge in [-0.2, -0.15) is 0 Å². The molecule has 1 fully saturated rings. The van der Waals surface area contributed by atoms with Crippen LogP contribution < -0.4 is 10.6 Å². The third-order valence-corrected chi connectivity index (χ3v) is 3.55. The topological polar surface area (TPSA) is 41.1 Å². The fourth-order valence-corrected chi connectivity index (χ4v) is 2.13. The van der Waals surface area contributed by atoms with E-state index in [1.807, 2.05) is 26.0 Å². The van der Waals surface area contributed by atoms with Crippen LogP contribution in [0.5, 0.6) is 0 Å². The van der Waals surface area contributed by atoms with Gasteiger partial charge in [0.25, 0.3) is 0 Å². The average Bonchev–Trinajstić information content (AvgIpc) is 2.26. The molecule has 18 heavy (non-hydrogen) atoms. The van der Waals surface area contributed by atoms with Crippen molar-refractivity contribution < 1.29 is 4.79 Å². The minimum atomic E-state index is 0.0438. The Hall–Kier alpha value is -1.61. The number of carbonyl (C=O) groups excluding carboxylic acids is 1. The highest BCUT2D eigenvalue weighted by Crippen LogP contribution is 2.18. The van der Waals surface area contributed by atoms with Crippen LogP contribution in [0, 0.1) is 6.92 Å². The van der Waals surface area contributed by atoms with Crippen LogP contribution in [0.4, 0.5) is 0 Å². The van der Waals surface area contributed by atoms with Gasteiger partial charge < -0.3 is 10.6 Å². The molecule has 1 amide bonds. The van der Waals surface area contributed by atoms with Gasteiger partial charge in [-0.3, -0.25) is 4.79 Å². The zero-order chi connectivity index (χ0) is 13.1. The van der Waals surface area contributed by atoms with E-state index in [0.29, 0.717) is 0 Å². The first-order valence-electron chi connectivity index (χ1n) is 6.35. The Bertz CT molecular complexity index is 485. The van der Waals surface area contributed by atoms with Gasteiger partial charge in [-0.15, -0.1) is 0 Å². The summed E-state index contributed by atoms with van der Waals surface area (Å²) in [4.78, 5) is 12.1. The maximum absolute atomic E-state index is 12.1. The molecule has 1 aliphatic heterocycles. The minimum absolute atomic E-state index is 0.0438. The van der Waals surface area contributed by atoms with Crippen molar-refractivity contribution in [3.63, 3.8) is 0 Å². The monoisotopic (exact) mass is 244 g/mol. The summed E-state index contributed by atoms with van der Waals surface area (Å²) in [6, 6.07) is 8.20. The number of rotatable bonds is 3. The molecule has 0 unspecified atom stereocenters. The highest BCUT2D eigenvalue weighted by atomic mass is 16.1. The molecule has 1 atom stereocenters. The van der Waals surface area contributed by atoms with Crippen molar-refractivity contribution in [3.05, 3.63) is 46.5 Å². The fraction of sp³-hybridized carbons (Fsp3) is 0.400. The van der Waals surface area contributed by atoms with Crippen molar-refractivity contribution in [1.82, 2.24) is 10.6 Å². The number of hydrogen-bond donors (Lipinski definition) is 2. The Morgan fingerprint density at radius 3 is 2.56 bits per heavy atom. The highest BCUT2D eigenvalue weighted by Gasteiger charge is 2.18. The van der Waals surface area contributed by atoms with Gasteiger partial charge in [0.05, 0.1) is 6.04 Å². The van der Waals surface area contributed by atoms with Gasteiger partial charge in [0.15, 0.2) is 0 Å². The maximum atomic E-state index is 12.1. The molecule has 0 aromatic heterocycles. The lowest BCUT2D eigenvalue weighted by atomic mass is 10.0. The van der Waals surface area contributed by atoms with E-state index in [1.165, 1.54) is 16.7 Å². The summed E-state index contributed by atoms with van der Waals surface area (Å²) in [6.45, 7) is 7.68. The van der Waals surface area contributed by atoms with Gasteiger partial charge in [0, 0.05) is 18.7 Å². The molecule has 0 aliphatic carbocycles. The Kier molecular flexibility index (Phi) is 3.82. The van der Waals surface area contributed by atoms with Gasteiger partial charge in [-0.25, -0.2) is 0 Å². The first-order chi connectivity index (χ1) is 8.59. The number of nitrogens with one attached hydrogen (secondary N) is 2. The van der Waals surface area contributed by atoms with E-state index in [4.69, 9.17) is 0 Å². The first-order valence-corrected chi connectivity index (χ1v) is 6.35. The van der Waals surface area contributed by atoms with Crippen molar-refractivity contribution in [3.8, 4) is 0 Å². The molecule has 1 aromatic rings. The van der Waals surface area contributed by atoms with Gasteiger partial charge in [0.1, 0.15) is 0 Å². The number of benzene rings is 1. The summed E-state index contributed by atoms with van der Waals surface area (Å²) in [7, 11) is 0. The Balaban J connectivity index is 2.06. The number of hydrogen-bond acceptors (Lipinski definition) is 2. The number of carbonyl (C=O) groups is 1. The smallest absolute Gasteiger partial charge is 0.247 e. The SMILES string of the molecule is CC(C(=O)N[C@@H](C)c1ccccc1C)=C1CNC1. The molecule has 96 valence electrons. The van der Waals surface area contributed by atoms with Crippen molar-refractivity contribution >= 4 is 5.91 Å². The molecule has 0 radical (unpaired) electrons. The Morgan fingerprint density at radius 1 is 1.33 bits per heavy atom. The summed E-state index contributed by atoms with van der Waals surface area (Å²) in [6.07, 6.45) is 0. The van der Waals surface area contributed by atoms with Crippen molar-refractivity contribution in [2.24, 2.45) is 0 Å². The second-order valence-electron chi connectivity index (χ2n) is 4.88. The predicted molar refractivity (Wildman–Crippen MR) is 73.3 cm³/mol. The van der Waals surface area contributed by atoms with Gasteiger partial charge >= 0.3 is 0 Å². The van der Waals surface area contributed by atoms with Crippen LogP contribution in [0.15, 0.2) is 35.4 Å². The van der Waals surface area contributed by atoms with E-state index in [0.717, 1.165) is 18.7 Å². The van der Waals surface area contributed by atoms with Gasteiger partial charge in [-0.05, 0) is 37.5 Å². The van der Waals surface area contributed by atoms with Crippen LogP contribution in [0.2, 0.25) is 0 Å². The van der Waals surface area contributed by atoms with E-state index in [-0.39, 0.29) is 11.9 Å². The molecule has 1 heterocycles. The van der Waals surface area contributed by atoms with E-state index in [9.17, 15) is 4.79 Å². The van der Waals surface area contributed by atoms with Crippen LogP contribution in [-0.2, 0) is 4.79 Å². The van der Waals surface area contributed by atoms with Crippen molar-refractivity contribution in [2.45, 2.75) is 26.8 Å². The molecule has 2 rings (SSSR count). The van der Waals surface area contributed by atoms with Crippen LogP contribution in [-0.4, -0.2) is 19.0 Å². The van der Waals surface area contributed by atoms with Crippen molar-refractivity contribution in [2.75, 3.05) is 13.1 Å². The Morgan fingerprint density at radius 2 is 2.00 bits per heavy atom. The fourth-order valence-electron chi connectivity index (χ4n) is 2.13. The minimum Gasteiger partial charge on any atom is -0.346 e. The summed E-state index contributed by atoms with van der Waals surface area (Å²) in [5.41, 5.74) is 4.45. The zero-order valence-electron chi connectivity index (χ0n) is 11.2.